The van der Waals surface area contributed by atoms with Gasteiger partial charge in [0.1, 0.15) is 0 Å². The molecule has 1 fully saturated rings. The van der Waals surface area contributed by atoms with E-state index in [4.69, 9.17) is 19.7 Å². The third kappa shape index (κ3) is 4.13. The van der Waals surface area contributed by atoms with Crippen LogP contribution >= 0.6 is 0 Å². The van der Waals surface area contributed by atoms with E-state index in [0.717, 1.165) is 42.5 Å². The number of hydrogen-bond donors (Lipinski definition) is 1. The summed E-state index contributed by atoms with van der Waals surface area (Å²) in [6.45, 7) is 0.304. The van der Waals surface area contributed by atoms with Gasteiger partial charge in [-0.1, -0.05) is 25.0 Å². The molecule has 4 rings (SSSR count). The maximum absolute atomic E-state index is 13.2. The maximum atomic E-state index is 13.2. The molecule has 1 heterocycles. The molecule has 1 saturated carbocycles. The van der Waals surface area contributed by atoms with Gasteiger partial charge in [-0.2, -0.15) is 5.10 Å². The molecule has 2 aromatic rings. The highest BCUT2D eigenvalue weighted by atomic mass is 16.5. The lowest BCUT2D eigenvalue weighted by Crippen LogP contribution is -2.45. The van der Waals surface area contributed by atoms with Crippen molar-refractivity contribution in [3.8, 4) is 11.5 Å². The lowest BCUT2D eigenvalue weighted by Gasteiger charge is -2.38. The second-order valence-electron chi connectivity index (χ2n) is 7.95. The van der Waals surface area contributed by atoms with Gasteiger partial charge in [0.25, 0.3) is 0 Å². The molecule has 2 unspecified atom stereocenters. The molecule has 0 saturated heterocycles. The van der Waals surface area contributed by atoms with E-state index in [1.54, 1.807) is 38.5 Å². The van der Waals surface area contributed by atoms with Crippen LogP contribution in [0.15, 0.2) is 47.6 Å². The quantitative estimate of drug-likeness (QED) is 0.761. The molecule has 1 amide bonds. The van der Waals surface area contributed by atoms with E-state index >= 15 is 0 Å². The number of hydrazone groups is 1. The highest BCUT2D eigenvalue weighted by Crippen LogP contribution is 2.39. The summed E-state index contributed by atoms with van der Waals surface area (Å²) in [5.74, 6) is 0.338. The van der Waals surface area contributed by atoms with Crippen molar-refractivity contribution in [1.82, 2.24) is 5.01 Å². The first-order valence-electron chi connectivity index (χ1n) is 10.5. The average molecular weight is 422 g/mol. The summed E-state index contributed by atoms with van der Waals surface area (Å²) in [7, 11) is 3.20. The Morgan fingerprint density at radius 2 is 1.71 bits per heavy atom. The number of hydrogen-bond acceptors (Lipinski definition) is 5. The van der Waals surface area contributed by atoms with Crippen molar-refractivity contribution in [2.45, 2.75) is 32.2 Å². The van der Waals surface area contributed by atoms with Crippen molar-refractivity contribution in [3.05, 3.63) is 59.2 Å². The second-order valence-corrected chi connectivity index (χ2v) is 7.95. The minimum Gasteiger partial charge on any atom is -0.493 e. The number of nitrogens with zero attached hydrogens (tertiary/aromatic N) is 2. The molecule has 2 aromatic carbocycles. The van der Waals surface area contributed by atoms with Crippen LogP contribution < -0.4 is 9.47 Å². The number of ether oxygens (including phenoxy) is 2. The molecule has 2 atom stereocenters. The van der Waals surface area contributed by atoms with Gasteiger partial charge in [-0.05, 0) is 48.7 Å². The van der Waals surface area contributed by atoms with Crippen LogP contribution in [0.5, 0.6) is 11.5 Å². The minimum atomic E-state index is -0.973. The molecule has 0 spiro atoms. The Morgan fingerprint density at radius 3 is 2.35 bits per heavy atom. The zero-order valence-electron chi connectivity index (χ0n) is 17.7. The molecule has 162 valence electrons. The monoisotopic (exact) mass is 422 g/mol. The van der Waals surface area contributed by atoms with Crippen LogP contribution in [0.1, 0.15) is 47.2 Å². The number of carboxylic acid groups (broad SMARTS) is 1. The number of benzene rings is 2. The fraction of sp³-hybridized carbons (Fsp3) is 0.375. The zero-order chi connectivity index (χ0) is 22.0. The van der Waals surface area contributed by atoms with Gasteiger partial charge in [0.15, 0.2) is 11.5 Å². The van der Waals surface area contributed by atoms with Crippen molar-refractivity contribution in [3.63, 3.8) is 0 Å². The Bertz CT molecular complexity index is 1020. The number of carboxylic acids is 1. The van der Waals surface area contributed by atoms with Crippen LogP contribution in [0.25, 0.3) is 0 Å². The Kier molecular flexibility index (Phi) is 5.93. The summed E-state index contributed by atoms with van der Waals surface area (Å²) in [4.78, 5) is 24.3. The van der Waals surface area contributed by atoms with Crippen molar-refractivity contribution in [1.29, 1.82) is 0 Å². The molecule has 0 bridgehead atoms. The SMILES string of the molecule is COc1ccc(C2=NN(Cc3ccc(C(=O)O)cc3)C(=O)C3CCCCC23)cc1OC. The molecule has 2 aliphatic rings. The first kappa shape index (κ1) is 20.9. The van der Waals surface area contributed by atoms with E-state index < -0.39 is 5.97 Å². The summed E-state index contributed by atoms with van der Waals surface area (Å²) in [6, 6.07) is 12.3. The number of aromatic carboxylic acids is 1. The molecule has 0 radical (unpaired) electrons. The van der Waals surface area contributed by atoms with Gasteiger partial charge in [0.2, 0.25) is 5.91 Å². The predicted molar refractivity (Wildman–Crippen MR) is 115 cm³/mol. The molecule has 1 aliphatic heterocycles. The predicted octanol–water partition coefficient (Wildman–Crippen LogP) is 3.95. The topological polar surface area (TPSA) is 88.4 Å². The summed E-state index contributed by atoms with van der Waals surface area (Å²) in [5.41, 5.74) is 2.87. The standard InChI is InChI=1S/C24H26N2O5/c1-30-20-12-11-17(13-21(20)31-2)22-18-5-3-4-6-19(18)23(27)26(25-22)14-15-7-9-16(10-8-15)24(28)29/h7-13,18-19H,3-6,14H2,1-2H3,(H,28,29). The molecule has 31 heavy (non-hydrogen) atoms. The minimum absolute atomic E-state index is 0.0382. The van der Waals surface area contributed by atoms with Crippen LogP contribution in [0.3, 0.4) is 0 Å². The van der Waals surface area contributed by atoms with Crippen LogP contribution in [-0.2, 0) is 11.3 Å². The lowest BCUT2D eigenvalue weighted by atomic mass is 9.73. The van der Waals surface area contributed by atoms with E-state index in [2.05, 4.69) is 0 Å². The highest BCUT2D eigenvalue weighted by Gasteiger charge is 2.41. The van der Waals surface area contributed by atoms with E-state index in [9.17, 15) is 9.59 Å². The number of carbonyl (C=O) groups is 2. The summed E-state index contributed by atoms with van der Waals surface area (Å²) in [6.07, 6.45) is 3.90. The van der Waals surface area contributed by atoms with E-state index in [1.165, 1.54) is 5.01 Å². The maximum Gasteiger partial charge on any atom is 0.335 e. The number of fused-ring (bicyclic) bond motifs is 1. The number of methoxy groups -OCH3 is 2. The summed E-state index contributed by atoms with van der Waals surface area (Å²) < 4.78 is 10.8. The second kappa shape index (κ2) is 8.79. The largest absolute Gasteiger partial charge is 0.493 e. The van der Waals surface area contributed by atoms with E-state index in [-0.39, 0.29) is 23.3 Å². The van der Waals surface area contributed by atoms with Crippen molar-refractivity contribution in [2.24, 2.45) is 16.9 Å². The van der Waals surface area contributed by atoms with Gasteiger partial charge in [-0.15, -0.1) is 0 Å². The molecular formula is C24H26N2O5. The van der Waals surface area contributed by atoms with Crippen LogP contribution in [0, 0.1) is 11.8 Å². The van der Waals surface area contributed by atoms with Gasteiger partial charge in [-0.25, -0.2) is 9.80 Å². The molecule has 1 aliphatic carbocycles. The molecule has 7 nitrogen and oxygen atoms in total. The van der Waals surface area contributed by atoms with Gasteiger partial charge in [0.05, 0.1) is 32.0 Å². The Balaban J connectivity index is 1.69. The molecular weight excluding hydrogens is 396 g/mol. The van der Waals surface area contributed by atoms with Crippen molar-refractivity contribution < 1.29 is 24.2 Å². The normalized spacial score (nSPS) is 20.6. The fourth-order valence-electron chi connectivity index (χ4n) is 4.50. The Morgan fingerprint density at radius 1 is 1.03 bits per heavy atom. The summed E-state index contributed by atoms with van der Waals surface area (Å²) in [5, 5.41) is 15.4. The molecule has 1 N–H and O–H groups in total. The zero-order valence-corrected chi connectivity index (χ0v) is 17.7. The van der Waals surface area contributed by atoms with E-state index in [1.807, 2.05) is 18.2 Å². The Hall–Kier alpha value is -3.35. The van der Waals surface area contributed by atoms with Gasteiger partial charge >= 0.3 is 5.97 Å². The third-order valence-electron chi connectivity index (χ3n) is 6.13. The number of amides is 1. The fourth-order valence-corrected chi connectivity index (χ4v) is 4.50. The molecule has 7 heteroatoms. The van der Waals surface area contributed by atoms with Gasteiger partial charge in [0, 0.05) is 17.4 Å². The smallest absolute Gasteiger partial charge is 0.335 e. The van der Waals surface area contributed by atoms with Gasteiger partial charge < -0.3 is 14.6 Å². The van der Waals surface area contributed by atoms with Crippen LogP contribution in [0.2, 0.25) is 0 Å². The number of carbonyl (C=O) groups excluding carboxylic acids is 1. The van der Waals surface area contributed by atoms with Crippen LogP contribution in [0.4, 0.5) is 0 Å². The average Bonchev–Trinajstić information content (AvgIpc) is 2.80. The van der Waals surface area contributed by atoms with Crippen molar-refractivity contribution in [2.75, 3.05) is 14.2 Å². The van der Waals surface area contributed by atoms with Crippen LogP contribution in [-0.4, -0.2) is 41.9 Å². The first-order valence-corrected chi connectivity index (χ1v) is 10.5. The van der Waals surface area contributed by atoms with Crippen molar-refractivity contribution >= 4 is 17.6 Å². The molecule has 0 aromatic heterocycles. The highest BCUT2D eigenvalue weighted by molar-refractivity contribution is 6.07. The third-order valence-corrected chi connectivity index (χ3v) is 6.13. The summed E-state index contributed by atoms with van der Waals surface area (Å²) >= 11 is 0. The lowest BCUT2D eigenvalue weighted by molar-refractivity contribution is -0.139. The first-order chi connectivity index (χ1) is 15.0. The number of rotatable bonds is 6. The Labute approximate surface area is 181 Å². The van der Waals surface area contributed by atoms with E-state index in [0.29, 0.717) is 18.0 Å². The van der Waals surface area contributed by atoms with Gasteiger partial charge in [-0.3, -0.25) is 4.79 Å².